The number of anilines is 1. The van der Waals surface area contributed by atoms with Gasteiger partial charge in [0, 0.05) is 35.3 Å². The molecular formula is C14H18BrN3O. The summed E-state index contributed by atoms with van der Waals surface area (Å²) in [5.74, 6) is 0.696. The number of alkyl halides is 1. The van der Waals surface area contributed by atoms with Crippen molar-refractivity contribution in [3.8, 4) is 0 Å². The first-order valence-electron chi connectivity index (χ1n) is 7.23. The van der Waals surface area contributed by atoms with Crippen molar-refractivity contribution in [1.82, 2.24) is 9.55 Å². The van der Waals surface area contributed by atoms with Crippen LogP contribution in [0, 0.1) is 0 Å². The van der Waals surface area contributed by atoms with Crippen molar-refractivity contribution in [3.63, 3.8) is 0 Å². The number of hydrogen-bond donors (Lipinski definition) is 0. The van der Waals surface area contributed by atoms with Crippen LogP contribution in [0.5, 0.6) is 0 Å². The summed E-state index contributed by atoms with van der Waals surface area (Å²) in [6.45, 7) is 0. The van der Waals surface area contributed by atoms with Crippen molar-refractivity contribution < 1.29 is 0 Å². The number of fused-ring (bicyclic) bond motifs is 2. The van der Waals surface area contributed by atoms with Gasteiger partial charge in [-0.05, 0) is 38.5 Å². The molecule has 4 nitrogen and oxygen atoms in total. The SMILES string of the molecule is O=c1c(N2C3CCC2CC(Br)C3)nccn1C1CC1. The van der Waals surface area contributed by atoms with Crippen molar-refractivity contribution in [2.45, 2.75) is 61.5 Å². The van der Waals surface area contributed by atoms with E-state index in [9.17, 15) is 4.79 Å². The molecule has 0 aromatic carbocycles. The topological polar surface area (TPSA) is 38.1 Å². The molecule has 2 aliphatic heterocycles. The van der Waals surface area contributed by atoms with Gasteiger partial charge in [-0.15, -0.1) is 0 Å². The minimum atomic E-state index is 0.120. The van der Waals surface area contributed by atoms with Crippen LogP contribution in [0.15, 0.2) is 17.2 Å². The van der Waals surface area contributed by atoms with Crippen LogP contribution < -0.4 is 10.5 Å². The lowest BCUT2D eigenvalue weighted by Gasteiger charge is -2.37. The number of halogens is 1. The van der Waals surface area contributed by atoms with Crippen LogP contribution in [0.1, 0.15) is 44.6 Å². The van der Waals surface area contributed by atoms with Crippen LogP contribution in [-0.4, -0.2) is 26.5 Å². The lowest BCUT2D eigenvalue weighted by molar-refractivity contribution is 0.475. The molecule has 102 valence electrons. The van der Waals surface area contributed by atoms with Crippen LogP contribution in [0.2, 0.25) is 0 Å². The number of nitrogens with zero attached hydrogens (tertiary/aromatic N) is 3. The van der Waals surface area contributed by atoms with Crippen LogP contribution in [-0.2, 0) is 0 Å². The molecule has 1 saturated carbocycles. The maximum atomic E-state index is 12.6. The quantitative estimate of drug-likeness (QED) is 0.785. The number of hydrogen-bond acceptors (Lipinski definition) is 3. The van der Waals surface area contributed by atoms with E-state index in [1.807, 2.05) is 10.8 Å². The monoisotopic (exact) mass is 323 g/mol. The molecule has 5 heteroatoms. The molecule has 0 spiro atoms. The average Bonchev–Trinajstić information content (AvgIpc) is 3.17. The summed E-state index contributed by atoms with van der Waals surface area (Å²) in [6.07, 6.45) is 10.6. The largest absolute Gasteiger partial charge is 0.346 e. The van der Waals surface area contributed by atoms with E-state index in [4.69, 9.17) is 0 Å². The van der Waals surface area contributed by atoms with Crippen LogP contribution in [0.3, 0.4) is 0 Å². The third-order valence-electron chi connectivity index (χ3n) is 4.71. The fourth-order valence-corrected chi connectivity index (χ4v) is 4.55. The van der Waals surface area contributed by atoms with Gasteiger partial charge in [-0.2, -0.15) is 0 Å². The third-order valence-corrected chi connectivity index (χ3v) is 5.46. The van der Waals surface area contributed by atoms with Gasteiger partial charge in [-0.1, -0.05) is 15.9 Å². The van der Waals surface area contributed by atoms with Gasteiger partial charge in [0.25, 0.3) is 5.56 Å². The van der Waals surface area contributed by atoms with Crippen LogP contribution >= 0.6 is 15.9 Å². The highest BCUT2D eigenvalue weighted by Crippen LogP contribution is 2.40. The molecule has 2 saturated heterocycles. The summed E-state index contributed by atoms with van der Waals surface area (Å²) in [7, 11) is 0. The highest BCUT2D eigenvalue weighted by Gasteiger charge is 2.42. The molecule has 2 bridgehead atoms. The molecule has 4 rings (SSSR count). The molecule has 2 unspecified atom stereocenters. The molecule has 1 aromatic rings. The second kappa shape index (κ2) is 4.33. The van der Waals surface area contributed by atoms with Gasteiger partial charge in [0.2, 0.25) is 0 Å². The Kier molecular flexibility index (Phi) is 2.72. The van der Waals surface area contributed by atoms with Gasteiger partial charge in [-0.25, -0.2) is 4.98 Å². The van der Waals surface area contributed by atoms with E-state index in [0.717, 1.165) is 25.7 Å². The summed E-state index contributed by atoms with van der Waals surface area (Å²) in [5.41, 5.74) is 0.120. The summed E-state index contributed by atoms with van der Waals surface area (Å²) < 4.78 is 1.89. The maximum Gasteiger partial charge on any atom is 0.293 e. The Balaban J connectivity index is 1.73. The predicted molar refractivity (Wildman–Crippen MR) is 78.0 cm³/mol. The first kappa shape index (κ1) is 11.9. The molecule has 3 aliphatic rings. The molecule has 3 heterocycles. The lowest BCUT2D eigenvalue weighted by atomic mass is 10.0. The van der Waals surface area contributed by atoms with Gasteiger partial charge in [-0.3, -0.25) is 4.79 Å². The standard InChI is InChI=1S/C14H18BrN3O/c15-9-7-11-3-4-12(8-9)18(11)13-14(19)17(6-5-16-13)10-1-2-10/h5-6,9-12H,1-4,7-8H2. The smallest absolute Gasteiger partial charge is 0.293 e. The van der Waals surface area contributed by atoms with Crippen LogP contribution in [0.25, 0.3) is 0 Å². The van der Waals surface area contributed by atoms with E-state index in [2.05, 4.69) is 25.8 Å². The molecule has 19 heavy (non-hydrogen) atoms. The molecular weight excluding hydrogens is 306 g/mol. The third kappa shape index (κ3) is 1.93. The fraction of sp³-hybridized carbons (Fsp3) is 0.714. The van der Waals surface area contributed by atoms with Gasteiger partial charge in [0.15, 0.2) is 5.82 Å². The molecule has 0 amide bonds. The van der Waals surface area contributed by atoms with Crippen molar-refractivity contribution in [2.24, 2.45) is 0 Å². The van der Waals surface area contributed by atoms with E-state index in [1.54, 1.807) is 6.20 Å². The second-order valence-corrected chi connectivity index (χ2v) is 7.35. The van der Waals surface area contributed by atoms with Gasteiger partial charge < -0.3 is 9.47 Å². The Hall–Kier alpha value is -0.840. The highest BCUT2D eigenvalue weighted by atomic mass is 79.9. The highest BCUT2D eigenvalue weighted by molar-refractivity contribution is 9.09. The fourth-order valence-electron chi connectivity index (χ4n) is 3.69. The summed E-state index contributed by atoms with van der Waals surface area (Å²) >= 11 is 3.74. The van der Waals surface area contributed by atoms with Crippen molar-refractivity contribution >= 4 is 21.7 Å². The summed E-state index contributed by atoms with van der Waals surface area (Å²) in [5, 5.41) is 0. The maximum absolute atomic E-state index is 12.6. The van der Waals surface area contributed by atoms with Crippen LogP contribution in [0.4, 0.5) is 5.82 Å². The number of rotatable bonds is 2. The van der Waals surface area contributed by atoms with E-state index in [-0.39, 0.29) is 5.56 Å². The Morgan fingerprint density at radius 2 is 1.74 bits per heavy atom. The first-order valence-corrected chi connectivity index (χ1v) is 8.15. The molecule has 0 radical (unpaired) electrons. The first-order chi connectivity index (χ1) is 9.24. The normalized spacial score (nSPS) is 33.7. The molecule has 1 aromatic heterocycles. The molecule has 0 N–H and O–H groups in total. The average molecular weight is 324 g/mol. The van der Waals surface area contributed by atoms with Gasteiger partial charge in [0.05, 0.1) is 0 Å². The zero-order valence-electron chi connectivity index (χ0n) is 10.8. The number of piperidine rings is 1. The second-order valence-electron chi connectivity index (χ2n) is 6.06. The molecule has 2 atom stereocenters. The van der Waals surface area contributed by atoms with Gasteiger partial charge >= 0.3 is 0 Å². The van der Waals surface area contributed by atoms with Gasteiger partial charge in [0.1, 0.15) is 0 Å². The Bertz CT molecular complexity index is 540. The zero-order chi connectivity index (χ0) is 13.0. The van der Waals surface area contributed by atoms with E-state index in [1.165, 1.54) is 12.8 Å². The Morgan fingerprint density at radius 1 is 1.11 bits per heavy atom. The minimum Gasteiger partial charge on any atom is -0.346 e. The zero-order valence-corrected chi connectivity index (χ0v) is 12.4. The molecule has 1 aliphatic carbocycles. The van der Waals surface area contributed by atoms with E-state index >= 15 is 0 Å². The predicted octanol–water partition coefficient (Wildman–Crippen LogP) is 2.47. The lowest BCUT2D eigenvalue weighted by Crippen LogP contribution is -2.46. The summed E-state index contributed by atoms with van der Waals surface area (Å²) in [4.78, 5) is 19.9. The Morgan fingerprint density at radius 3 is 2.37 bits per heavy atom. The number of aromatic nitrogens is 2. The Labute approximate surface area is 121 Å². The van der Waals surface area contributed by atoms with Crippen molar-refractivity contribution in [3.05, 3.63) is 22.7 Å². The van der Waals surface area contributed by atoms with Crippen molar-refractivity contribution in [2.75, 3.05) is 4.90 Å². The molecule has 3 fully saturated rings. The summed E-state index contributed by atoms with van der Waals surface area (Å²) in [6, 6.07) is 1.43. The van der Waals surface area contributed by atoms with Crippen molar-refractivity contribution in [1.29, 1.82) is 0 Å². The van der Waals surface area contributed by atoms with E-state index < -0.39 is 0 Å². The minimum absolute atomic E-state index is 0.120. The van der Waals surface area contributed by atoms with E-state index in [0.29, 0.717) is 28.8 Å².